The van der Waals surface area contributed by atoms with Gasteiger partial charge in [0.2, 0.25) is 0 Å². The Morgan fingerprint density at radius 1 is 0.871 bits per heavy atom. The van der Waals surface area contributed by atoms with Crippen molar-refractivity contribution in [2.45, 2.75) is 6.92 Å². The third-order valence-electron chi connectivity index (χ3n) is 5.41. The van der Waals surface area contributed by atoms with Crippen molar-refractivity contribution in [3.8, 4) is 39.5 Å². The highest BCUT2D eigenvalue weighted by molar-refractivity contribution is 5.82. The number of imidazole rings is 1. The van der Waals surface area contributed by atoms with Crippen LogP contribution in [0.15, 0.2) is 85.3 Å². The molecule has 0 radical (unpaired) electrons. The van der Waals surface area contributed by atoms with Crippen LogP contribution in [0.25, 0.3) is 39.3 Å². The van der Waals surface area contributed by atoms with E-state index in [2.05, 4.69) is 26.5 Å². The monoisotopic (exact) mass is 409 g/mol. The van der Waals surface area contributed by atoms with E-state index in [1.54, 1.807) is 26.3 Å². The van der Waals surface area contributed by atoms with E-state index in [0.717, 1.165) is 45.0 Å². The highest BCUT2D eigenvalue weighted by Crippen LogP contribution is 2.32. The maximum atomic E-state index is 13.8. The van der Waals surface area contributed by atoms with Crippen molar-refractivity contribution in [1.29, 1.82) is 0 Å². The minimum absolute atomic E-state index is 0.216. The van der Waals surface area contributed by atoms with Crippen LogP contribution in [0, 0.1) is 12.7 Å². The molecule has 0 unspecified atom stereocenters. The van der Waals surface area contributed by atoms with E-state index >= 15 is 0 Å². The maximum Gasteiger partial charge on any atom is 0.144 e. The molecule has 0 fully saturated rings. The van der Waals surface area contributed by atoms with E-state index in [4.69, 9.17) is 4.74 Å². The molecule has 0 amide bonds. The fraction of sp³-hybridized carbons (Fsp3) is 0.0769. The Bertz CT molecular complexity index is 1410. The van der Waals surface area contributed by atoms with Gasteiger partial charge in [0, 0.05) is 29.1 Å². The summed E-state index contributed by atoms with van der Waals surface area (Å²) in [6, 6.07) is 21.0. The van der Waals surface area contributed by atoms with Gasteiger partial charge in [-0.3, -0.25) is 9.38 Å². The second kappa shape index (κ2) is 7.69. The van der Waals surface area contributed by atoms with Crippen molar-refractivity contribution in [3.05, 3.63) is 96.7 Å². The molecule has 0 spiro atoms. The summed E-state index contributed by atoms with van der Waals surface area (Å²) < 4.78 is 21.2. The first kappa shape index (κ1) is 19.0. The molecule has 5 aromatic rings. The van der Waals surface area contributed by atoms with Crippen LogP contribution in [0.2, 0.25) is 0 Å². The number of hydrogen-bond acceptors (Lipinski definition) is 3. The molecule has 3 heterocycles. The molecule has 4 nitrogen and oxygen atoms in total. The molecule has 0 N–H and O–H groups in total. The summed E-state index contributed by atoms with van der Waals surface area (Å²) in [6.45, 7) is 1.76. The lowest BCUT2D eigenvalue weighted by Gasteiger charge is -2.11. The van der Waals surface area contributed by atoms with Crippen molar-refractivity contribution in [2.75, 3.05) is 7.11 Å². The van der Waals surface area contributed by atoms with Crippen molar-refractivity contribution in [1.82, 2.24) is 14.4 Å². The molecule has 0 aliphatic rings. The highest BCUT2D eigenvalue weighted by atomic mass is 19.1. The van der Waals surface area contributed by atoms with Gasteiger partial charge >= 0.3 is 0 Å². The van der Waals surface area contributed by atoms with E-state index in [-0.39, 0.29) is 5.82 Å². The average molecular weight is 409 g/mol. The van der Waals surface area contributed by atoms with Gasteiger partial charge < -0.3 is 4.74 Å². The summed E-state index contributed by atoms with van der Waals surface area (Å²) >= 11 is 0. The van der Waals surface area contributed by atoms with Crippen LogP contribution in [0.3, 0.4) is 0 Å². The first-order valence-electron chi connectivity index (χ1n) is 9.97. The lowest BCUT2D eigenvalue weighted by molar-refractivity contribution is 0.415. The number of nitrogens with zero attached hydrogens (tertiary/aromatic N) is 3. The molecule has 152 valence electrons. The minimum atomic E-state index is -0.216. The van der Waals surface area contributed by atoms with Gasteiger partial charge in [-0.05, 0) is 66.6 Å². The Labute approximate surface area is 179 Å². The molecule has 31 heavy (non-hydrogen) atoms. The van der Waals surface area contributed by atoms with Crippen LogP contribution in [0.1, 0.15) is 5.56 Å². The van der Waals surface area contributed by atoms with E-state index in [1.807, 2.05) is 54.9 Å². The van der Waals surface area contributed by atoms with Gasteiger partial charge in [-0.2, -0.15) is 0 Å². The van der Waals surface area contributed by atoms with Gasteiger partial charge in [-0.15, -0.1) is 0 Å². The number of benzene rings is 2. The molecule has 0 bridgehead atoms. The topological polar surface area (TPSA) is 39.4 Å². The van der Waals surface area contributed by atoms with Crippen molar-refractivity contribution >= 4 is 5.52 Å². The van der Waals surface area contributed by atoms with Gasteiger partial charge in [0.05, 0.1) is 24.5 Å². The summed E-state index contributed by atoms with van der Waals surface area (Å²) in [4.78, 5) is 9.22. The van der Waals surface area contributed by atoms with Gasteiger partial charge in [-0.1, -0.05) is 18.2 Å². The number of aromatic nitrogens is 3. The zero-order valence-corrected chi connectivity index (χ0v) is 17.2. The summed E-state index contributed by atoms with van der Waals surface area (Å²) in [7, 11) is 1.66. The number of pyridine rings is 2. The Morgan fingerprint density at radius 2 is 1.77 bits per heavy atom. The summed E-state index contributed by atoms with van der Waals surface area (Å²) in [5.41, 5.74) is 6.27. The molecule has 5 heteroatoms. The van der Waals surface area contributed by atoms with Crippen LogP contribution in [-0.2, 0) is 0 Å². The number of methoxy groups -OCH3 is 1. The van der Waals surface area contributed by atoms with Crippen LogP contribution < -0.4 is 4.74 Å². The largest absolute Gasteiger partial charge is 0.497 e. The van der Waals surface area contributed by atoms with E-state index < -0.39 is 0 Å². The van der Waals surface area contributed by atoms with Crippen LogP contribution >= 0.6 is 0 Å². The molecular weight excluding hydrogens is 389 g/mol. The van der Waals surface area contributed by atoms with Crippen molar-refractivity contribution in [2.24, 2.45) is 0 Å². The summed E-state index contributed by atoms with van der Waals surface area (Å²) in [5.74, 6) is 1.42. The Kier molecular flexibility index (Phi) is 4.71. The van der Waals surface area contributed by atoms with E-state index in [9.17, 15) is 4.39 Å². The normalized spacial score (nSPS) is 11.1. The smallest absolute Gasteiger partial charge is 0.144 e. The van der Waals surface area contributed by atoms with E-state index in [0.29, 0.717) is 5.56 Å². The fourth-order valence-corrected chi connectivity index (χ4v) is 3.80. The van der Waals surface area contributed by atoms with Gasteiger partial charge in [-0.25, -0.2) is 9.37 Å². The van der Waals surface area contributed by atoms with Gasteiger partial charge in [0.25, 0.3) is 0 Å². The molecule has 0 saturated carbocycles. The third kappa shape index (κ3) is 3.44. The predicted molar refractivity (Wildman–Crippen MR) is 121 cm³/mol. The second-order valence-electron chi connectivity index (χ2n) is 7.39. The van der Waals surface area contributed by atoms with Crippen LogP contribution in [-0.4, -0.2) is 21.5 Å². The molecular formula is C26H20FN3O. The number of ether oxygens (including phenoxy) is 1. The van der Waals surface area contributed by atoms with Gasteiger partial charge in [0.15, 0.2) is 0 Å². The number of halogens is 1. The third-order valence-corrected chi connectivity index (χ3v) is 5.41. The second-order valence-corrected chi connectivity index (χ2v) is 7.39. The Morgan fingerprint density at radius 3 is 2.61 bits per heavy atom. The molecule has 0 saturated heterocycles. The number of rotatable bonds is 4. The standard InChI is InChI=1S/C26H20FN3O/c1-17-13-19(8-9-24(17)27)25-23(7-4-11-28-25)18-10-12-30-21(14-18)16-29-26(30)20-5-3-6-22(15-20)31-2/h3-16H,1-2H3. The zero-order valence-electron chi connectivity index (χ0n) is 17.2. The van der Waals surface area contributed by atoms with Crippen molar-refractivity contribution in [3.63, 3.8) is 0 Å². The molecule has 0 aliphatic heterocycles. The van der Waals surface area contributed by atoms with Crippen LogP contribution in [0.4, 0.5) is 4.39 Å². The molecule has 2 aromatic carbocycles. The Hall–Kier alpha value is -3.99. The SMILES string of the molecule is COc1cccc(-c2ncc3cc(-c4cccnc4-c4ccc(F)c(C)c4)ccn23)c1. The quantitative estimate of drug-likeness (QED) is 0.355. The minimum Gasteiger partial charge on any atom is -0.497 e. The first-order chi connectivity index (χ1) is 15.1. The van der Waals surface area contributed by atoms with E-state index in [1.165, 1.54) is 6.07 Å². The first-order valence-corrected chi connectivity index (χ1v) is 9.97. The number of hydrogen-bond donors (Lipinski definition) is 0. The molecule has 0 aliphatic carbocycles. The average Bonchev–Trinajstić information content (AvgIpc) is 3.24. The fourth-order valence-electron chi connectivity index (χ4n) is 3.80. The highest BCUT2D eigenvalue weighted by Gasteiger charge is 2.13. The van der Waals surface area contributed by atoms with Crippen molar-refractivity contribution < 1.29 is 9.13 Å². The number of fused-ring (bicyclic) bond motifs is 1. The summed E-state index contributed by atoms with van der Waals surface area (Å²) in [6.07, 6.45) is 5.63. The van der Waals surface area contributed by atoms with Gasteiger partial charge in [0.1, 0.15) is 17.4 Å². The summed E-state index contributed by atoms with van der Waals surface area (Å²) in [5, 5.41) is 0. The molecule has 3 aromatic heterocycles. The number of aryl methyl sites for hydroxylation is 1. The Balaban J connectivity index is 1.60. The molecule has 5 rings (SSSR count). The lowest BCUT2D eigenvalue weighted by atomic mass is 9.99. The van der Waals surface area contributed by atoms with Crippen LogP contribution in [0.5, 0.6) is 5.75 Å². The molecule has 0 atom stereocenters. The lowest BCUT2D eigenvalue weighted by Crippen LogP contribution is -1.93. The predicted octanol–water partition coefficient (Wildman–Crippen LogP) is 6.19. The maximum absolute atomic E-state index is 13.8. The zero-order chi connectivity index (χ0) is 21.4.